The van der Waals surface area contributed by atoms with Crippen LogP contribution in [0.25, 0.3) is 0 Å². The van der Waals surface area contributed by atoms with E-state index < -0.39 is 0 Å². The molecule has 0 heterocycles. The number of hydrogen-bond acceptors (Lipinski definition) is 1. The minimum absolute atomic E-state index is 0.0678. The zero-order valence-electron chi connectivity index (χ0n) is 14.7. The summed E-state index contributed by atoms with van der Waals surface area (Å²) in [5.41, 5.74) is 7.13. The fourth-order valence-electron chi connectivity index (χ4n) is 3.06. The van der Waals surface area contributed by atoms with Crippen LogP contribution in [0.4, 0.5) is 0 Å². The highest BCUT2D eigenvalue weighted by Gasteiger charge is 2.18. The molecule has 1 amide bonds. The predicted octanol–water partition coefficient (Wildman–Crippen LogP) is 5.73. The van der Waals surface area contributed by atoms with Gasteiger partial charge in [0.05, 0.1) is 0 Å². The van der Waals surface area contributed by atoms with Gasteiger partial charge in [0.25, 0.3) is 0 Å². The van der Waals surface area contributed by atoms with E-state index in [4.69, 9.17) is 5.73 Å². The lowest BCUT2D eigenvalue weighted by atomic mass is 9.87. The van der Waals surface area contributed by atoms with Crippen LogP contribution in [0.1, 0.15) is 82.6 Å². The summed E-state index contributed by atoms with van der Waals surface area (Å²) in [5, 5.41) is 0. The molecule has 1 rings (SSSR count). The van der Waals surface area contributed by atoms with Gasteiger partial charge in [-0.05, 0) is 12.0 Å². The topological polar surface area (TPSA) is 43.1 Å². The van der Waals surface area contributed by atoms with Gasteiger partial charge in [-0.25, -0.2) is 0 Å². The molecule has 1 unspecified atom stereocenters. The standard InChI is InChI=1S/C21H33NO/c1-3-4-5-6-7-8-9-10-14-17-20(18(2)21(22)23)19-15-12-11-13-16-19/h11-13,15-16,20H,2-10,14,17H2,1H3,(H2,22,23). The second kappa shape index (κ2) is 11.9. The summed E-state index contributed by atoms with van der Waals surface area (Å²) in [7, 11) is 0. The molecular formula is C21H33NO. The molecule has 0 aliphatic heterocycles. The lowest BCUT2D eigenvalue weighted by molar-refractivity contribution is -0.114. The molecule has 0 saturated heterocycles. The number of benzene rings is 1. The number of rotatable bonds is 13. The Bertz CT molecular complexity index is 452. The van der Waals surface area contributed by atoms with Gasteiger partial charge in [0.2, 0.25) is 5.91 Å². The highest BCUT2D eigenvalue weighted by Crippen LogP contribution is 2.29. The van der Waals surface area contributed by atoms with E-state index in [-0.39, 0.29) is 11.8 Å². The van der Waals surface area contributed by atoms with Crippen molar-refractivity contribution in [2.45, 2.75) is 77.0 Å². The maximum Gasteiger partial charge on any atom is 0.244 e. The molecular weight excluding hydrogens is 282 g/mol. The van der Waals surface area contributed by atoms with Crippen molar-refractivity contribution in [1.82, 2.24) is 0 Å². The fourth-order valence-corrected chi connectivity index (χ4v) is 3.06. The van der Waals surface area contributed by atoms with Crippen LogP contribution in [0.15, 0.2) is 42.5 Å². The molecule has 1 aromatic rings. The van der Waals surface area contributed by atoms with E-state index in [1.807, 2.05) is 18.2 Å². The molecule has 0 aliphatic rings. The van der Waals surface area contributed by atoms with Crippen molar-refractivity contribution < 1.29 is 4.79 Å². The molecule has 0 fully saturated rings. The third-order valence-electron chi connectivity index (χ3n) is 4.54. The summed E-state index contributed by atoms with van der Waals surface area (Å²) < 4.78 is 0. The van der Waals surface area contributed by atoms with Crippen LogP contribution in [0.2, 0.25) is 0 Å². The highest BCUT2D eigenvalue weighted by molar-refractivity contribution is 5.92. The molecule has 128 valence electrons. The van der Waals surface area contributed by atoms with E-state index in [1.165, 1.54) is 51.4 Å². The first kappa shape index (κ1) is 19.5. The van der Waals surface area contributed by atoms with Crippen LogP contribution < -0.4 is 5.73 Å². The van der Waals surface area contributed by atoms with Gasteiger partial charge in [-0.2, -0.15) is 0 Å². The van der Waals surface area contributed by atoms with Crippen molar-refractivity contribution in [1.29, 1.82) is 0 Å². The van der Waals surface area contributed by atoms with Gasteiger partial charge in [0.15, 0.2) is 0 Å². The Kier molecular flexibility index (Phi) is 10.1. The van der Waals surface area contributed by atoms with Crippen molar-refractivity contribution >= 4 is 5.91 Å². The van der Waals surface area contributed by atoms with Gasteiger partial charge in [0, 0.05) is 11.5 Å². The second-order valence-corrected chi connectivity index (χ2v) is 6.47. The minimum atomic E-state index is -0.380. The zero-order chi connectivity index (χ0) is 16.9. The summed E-state index contributed by atoms with van der Waals surface area (Å²) in [4.78, 5) is 11.5. The van der Waals surface area contributed by atoms with E-state index in [0.717, 1.165) is 18.4 Å². The normalized spacial score (nSPS) is 12.0. The molecule has 0 aromatic heterocycles. The van der Waals surface area contributed by atoms with Gasteiger partial charge in [-0.1, -0.05) is 102 Å². The monoisotopic (exact) mass is 315 g/mol. The lowest BCUT2D eigenvalue weighted by Gasteiger charge is -2.18. The van der Waals surface area contributed by atoms with Crippen LogP contribution >= 0.6 is 0 Å². The molecule has 2 nitrogen and oxygen atoms in total. The lowest BCUT2D eigenvalue weighted by Crippen LogP contribution is -2.18. The second-order valence-electron chi connectivity index (χ2n) is 6.47. The molecule has 2 heteroatoms. The van der Waals surface area contributed by atoms with E-state index in [1.54, 1.807) is 0 Å². The third kappa shape index (κ3) is 8.01. The van der Waals surface area contributed by atoms with E-state index in [2.05, 4.69) is 25.6 Å². The van der Waals surface area contributed by atoms with Crippen LogP contribution in [0, 0.1) is 0 Å². The van der Waals surface area contributed by atoms with Gasteiger partial charge in [-0.3, -0.25) is 4.79 Å². The number of carbonyl (C=O) groups excluding carboxylic acids is 1. The van der Waals surface area contributed by atoms with E-state index >= 15 is 0 Å². The number of amides is 1. The van der Waals surface area contributed by atoms with Gasteiger partial charge >= 0.3 is 0 Å². The summed E-state index contributed by atoms with van der Waals surface area (Å²) in [6.45, 7) is 6.17. The minimum Gasteiger partial charge on any atom is -0.366 e. The Morgan fingerprint density at radius 1 is 0.957 bits per heavy atom. The van der Waals surface area contributed by atoms with Crippen molar-refractivity contribution in [2.24, 2.45) is 5.73 Å². The quantitative estimate of drug-likeness (QED) is 0.366. The predicted molar refractivity (Wildman–Crippen MR) is 99.4 cm³/mol. The number of primary amides is 1. The zero-order valence-corrected chi connectivity index (χ0v) is 14.7. The van der Waals surface area contributed by atoms with Crippen LogP contribution in [-0.4, -0.2) is 5.91 Å². The van der Waals surface area contributed by atoms with Gasteiger partial charge in [0.1, 0.15) is 0 Å². The first-order valence-corrected chi connectivity index (χ1v) is 9.20. The Labute approximate surface area is 142 Å². The maximum absolute atomic E-state index is 11.5. The average molecular weight is 316 g/mol. The van der Waals surface area contributed by atoms with Crippen molar-refractivity contribution in [3.8, 4) is 0 Å². The Balaban J connectivity index is 2.30. The summed E-state index contributed by atoms with van der Waals surface area (Å²) >= 11 is 0. The summed E-state index contributed by atoms with van der Waals surface area (Å²) in [6.07, 6.45) is 12.7. The number of hydrogen-bond donors (Lipinski definition) is 1. The molecule has 0 aliphatic carbocycles. The molecule has 0 radical (unpaired) electrons. The largest absolute Gasteiger partial charge is 0.366 e. The van der Waals surface area contributed by atoms with E-state index in [0.29, 0.717) is 5.57 Å². The van der Waals surface area contributed by atoms with Crippen molar-refractivity contribution in [2.75, 3.05) is 0 Å². The number of unbranched alkanes of at least 4 members (excludes halogenated alkanes) is 8. The van der Waals surface area contributed by atoms with Crippen molar-refractivity contribution in [3.63, 3.8) is 0 Å². The fraction of sp³-hybridized carbons (Fsp3) is 0.571. The van der Waals surface area contributed by atoms with Crippen LogP contribution in [0.5, 0.6) is 0 Å². The molecule has 1 aromatic carbocycles. The molecule has 0 spiro atoms. The average Bonchev–Trinajstić information content (AvgIpc) is 2.57. The molecule has 0 saturated carbocycles. The van der Waals surface area contributed by atoms with Gasteiger partial charge in [-0.15, -0.1) is 0 Å². The maximum atomic E-state index is 11.5. The van der Waals surface area contributed by atoms with Crippen molar-refractivity contribution in [3.05, 3.63) is 48.0 Å². The first-order chi connectivity index (χ1) is 11.2. The van der Waals surface area contributed by atoms with Gasteiger partial charge < -0.3 is 5.73 Å². The van der Waals surface area contributed by atoms with Crippen LogP contribution in [-0.2, 0) is 4.79 Å². The number of nitrogens with two attached hydrogens (primary N) is 1. The molecule has 2 N–H and O–H groups in total. The highest BCUT2D eigenvalue weighted by atomic mass is 16.1. The number of carbonyl (C=O) groups is 1. The smallest absolute Gasteiger partial charge is 0.244 e. The summed E-state index contributed by atoms with van der Waals surface area (Å²) in [5.74, 6) is -0.312. The molecule has 0 bridgehead atoms. The van der Waals surface area contributed by atoms with E-state index in [9.17, 15) is 4.79 Å². The Hall–Kier alpha value is -1.57. The van der Waals surface area contributed by atoms with Crippen LogP contribution in [0.3, 0.4) is 0 Å². The Morgan fingerprint density at radius 2 is 1.48 bits per heavy atom. The summed E-state index contributed by atoms with van der Waals surface area (Å²) in [6, 6.07) is 10.1. The molecule has 1 atom stereocenters. The SMILES string of the molecule is C=C(C(N)=O)C(CCCCCCCCCCC)c1ccccc1. The third-order valence-corrected chi connectivity index (χ3v) is 4.54. The molecule has 23 heavy (non-hydrogen) atoms. The first-order valence-electron chi connectivity index (χ1n) is 9.20. The Morgan fingerprint density at radius 3 is 2.00 bits per heavy atom.